The second kappa shape index (κ2) is 13.8. The molecule has 0 atom stereocenters. The van der Waals surface area contributed by atoms with Crippen LogP contribution in [0, 0.1) is 0 Å². The molecule has 0 fully saturated rings. The number of rotatable bonds is 13. The molecule has 232 valence electrons. The first-order valence-corrected chi connectivity index (χ1v) is 13.8. The van der Waals surface area contributed by atoms with Crippen LogP contribution in [0.2, 0.25) is 0 Å². The van der Waals surface area contributed by atoms with Crippen LogP contribution in [-0.4, -0.2) is 42.8 Å². The molecule has 0 N–H and O–H groups in total. The molecule has 15 heteroatoms. The van der Waals surface area contributed by atoms with Gasteiger partial charge in [0.1, 0.15) is 0 Å². The lowest BCUT2D eigenvalue weighted by molar-refractivity contribution is -0.396. The molecule has 0 aromatic heterocycles. The summed E-state index contributed by atoms with van der Waals surface area (Å²) in [5.74, 6) is -19.9. The molecule has 43 heavy (non-hydrogen) atoms. The molecule has 0 bridgehead atoms. The number of hydrogen-bond acceptors (Lipinski definition) is 6. The molecule has 0 spiro atoms. The number of alkyl halides is 9. The summed E-state index contributed by atoms with van der Waals surface area (Å²) >= 11 is 0.580. The smallest absolute Gasteiger partial charge is 0.372 e. The third kappa shape index (κ3) is 8.27. The highest BCUT2D eigenvalue weighted by molar-refractivity contribution is 7.99. The number of hydrogen-bond donors (Lipinski definition) is 0. The van der Waals surface area contributed by atoms with E-state index < -0.39 is 36.1 Å². The summed E-state index contributed by atoms with van der Waals surface area (Å²) < 4.78 is 117. The van der Waals surface area contributed by atoms with E-state index >= 15 is 0 Å². The van der Waals surface area contributed by atoms with E-state index in [1.807, 2.05) is 24.3 Å². The Morgan fingerprint density at radius 1 is 0.558 bits per heavy atom. The fourth-order valence-electron chi connectivity index (χ4n) is 3.61. The van der Waals surface area contributed by atoms with E-state index in [0.717, 1.165) is 18.8 Å². The summed E-state index contributed by atoms with van der Waals surface area (Å²) in [5, 5.41) is 16.5. The van der Waals surface area contributed by atoms with Gasteiger partial charge in [0.2, 0.25) is 0 Å². The minimum Gasteiger partial charge on any atom is -0.372 e. The maximum Gasteiger partial charge on any atom is 0.460 e. The van der Waals surface area contributed by atoms with Crippen molar-refractivity contribution < 1.29 is 39.5 Å². The lowest BCUT2D eigenvalue weighted by Crippen LogP contribution is -2.60. The maximum absolute atomic E-state index is 13.7. The van der Waals surface area contributed by atoms with Crippen LogP contribution in [0.1, 0.15) is 20.3 Å². The second-order valence-corrected chi connectivity index (χ2v) is 10.2. The fourth-order valence-corrected chi connectivity index (χ4v) is 4.53. The van der Waals surface area contributed by atoms with Crippen LogP contribution in [0.15, 0.2) is 98.1 Å². The molecular weight excluding hydrogens is 609 g/mol. The van der Waals surface area contributed by atoms with Gasteiger partial charge in [-0.1, -0.05) is 0 Å². The molecule has 0 amide bonds. The highest BCUT2D eigenvalue weighted by Crippen LogP contribution is 2.54. The summed E-state index contributed by atoms with van der Waals surface area (Å²) in [6.45, 7) is 5.95. The molecule has 0 aliphatic heterocycles. The molecule has 3 rings (SSSR count). The van der Waals surface area contributed by atoms with Gasteiger partial charge in [0.25, 0.3) is 0 Å². The van der Waals surface area contributed by atoms with Gasteiger partial charge in [-0.05, 0) is 86.6 Å². The quantitative estimate of drug-likeness (QED) is 0.107. The van der Waals surface area contributed by atoms with Crippen LogP contribution in [0.25, 0.3) is 0 Å². The lowest BCUT2D eigenvalue weighted by Gasteiger charge is -2.33. The van der Waals surface area contributed by atoms with E-state index in [-0.39, 0.29) is 4.90 Å². The van der Waals surface area contributed by atoms with E-state index in [9.17, 15) is 39.5 Å². The van der Waals surface area contributed by atoms with Gasteiger partial charge in [0, 0.05) is 35.8 Å². The predicted molar refractivity (Wildman–Crippen MR) is 147 cm³/mol. The van der Waals surface area contributed by atoms with Crippen molar-refractivity contribution >= 4 is 40.2 Å². The first kappa shape index (κ1) is 33.9. The van der Waals surface area contributed by atoms with E-state index in [2.05, 4.69) is 39.2 Å². The van der Waals surface area contributed by atoms with Crippen molar-refractivity contribution in [3.8, 4) is 0 Å². The van der Waals surface area contributed by atoms with Gasteiger partial charge in [-0.2, -0.15) is 60.0 Å². The average molecular weight is 636 g/mol. The van der Waals surface area contributed by atoms with Crippen LogP contribution in [-0.2, 0) is 0 Å². The van der Waals surface area contributed by atoms with E-state index in [1.54, 1.807) is 24.3 Å². The number of thioether (sulfide) groups is 1. The predicted octanol–water partition coefficient (Wildman–Crippen LogP) is 11.3. The molecule has 0 saturated heterocycles. The minimum absolute atomic E-state index is 0.276. The Morgan fingerprint density at radius 3 is 1.30 bits per heavy atom. The van der Waals surface area contributed by atoms with Crippen molar-refractivity contribution in [2.24, 2.45) is 20.5 Å². The number of nitrogens with zero attached hydrogens (tertiary/aromatic N) is 5. The molecule has 0 aliphatic carbocycles. The van der Waals surface area contributed by atoms with E-state index in [0.29, 0.717) is 34.5 Å². The standard InChI is InChI=1S/C28H26F9N5S/c1-3-42(4-2)23-13-9-21(10-14-23)40-38-19-5-7-20(8-6-19)39-41-22-11-15-24(16-12-22)43-18-17-25(29,30)26(31,32)27(33,34)28(35,36)37/h5-16H,3-4,17-18H2,1-2H3. The zero-order valence-electron chi connectivity index (χ0n) is 22.8. The maximum atomic E-state index is 13.7. The van der Waals surface area contributed by atoms with E-state index in [4.69, 9.17) is 0 Å². The van der Waals surface area contributed by atoms with Gasteiger partial charge in [0.05, 0.1) is 22.7 Å². The Morgan fingerprint density at radius 2 is 0.930 bits per heavy atom. The van der Waals surface area contributed by atoms with Crippen molar-refractivity contribution in [3.05, 3.63) is 72.8 Å². The molecule has 0 aliphatic rings. The number of azo groups is 2. The second-order valence-electron chi connectivity index (χ2n) is 9.05. The van der Waals surface area contributed by atoms with Crippen molar-refractivity contribution in [1.82, 2.24) is 0 Å². The SMILES string of the molecule is CCN(CC)c1ccc(N=Nc2ccc(N=Nc3ccc(SCCC(F)(F)C(F)(F)C(F)(F)C(F)(F)F)cc3)cc2)cc1. The molecule has 0 radical (unpaired) electrons. The first-order chi connectivity index (χ1) is 20.1. The Labute approximate surface area is 245 Å². The molecule has 0 heterocycles. The van der Waals surface area contributed by atoms with Crippen LogP contribution in [0.4, 0.5) is 68.0 Å². The third-order valence-corrected chi connectivity index (χ3v) is 7.13. The fraction of sp³-hybridized carbons (Fsp3) is 0.357. The molecule has 3 aromatic carbocycles. The summed E-state index contributed by atoms with van der Waals surface area (Å²) in [6, 6.07) is 20.0. The summed E-state index contributed by atoms with van der Waals surface area (Å²) in [6.07, 6.45) is -8.74. The number of halogens is 9. The largest absolute Gasteiger partial charge is 0.460 e. The third-order valence-electron chi connectivity index (χ3n) is 6.12. The van der Waals surface area contributed by atoms with Crippen LogP contribution in [0.3, 0.4) is 0 Å². The van der Waals surface area contributed by atoms with Crippen molar-refractivity contribution in [3.63, 3.8) is 0 Å². The molecule has 5 nitrogen and oxygen atoms in total. The molecular formula is C28H26F9N5S. The number of benzene rings is 3. The van der Waals surface area contributed by atoms with E-state index in [1.165, 1.54) is 24.3 Å². The Bertz CT molecular complexity index is 1370. The molecule has 0 saturated carbocycles. The summed E-state index contributed by atoms with van der Waals surface area (Å²) in [5.41, 5.74) is 3.20. The minimum atomic E-state index is -6.89. The number of anilines is 1. The normalized spacial score (nSPS) is 13.3. The van der Waals surface area contributed by atoms with Gasteiger partial charge < -0.3 is 4.90 Å². The van der Waals surface area contributed by atoms with Crippen molar-refractivity contribution in [1.29, 1.82) is 0 Å². The zero-order chi connectivity index (χ0) is 31.9. The zero-order valence-corrected chi connectivity index (χ0v) is 23.6. The lowest BCUT2D eigenvalue weighted by atomic mass is 10.0. The van der Waals surface area contributed by atoms with Gasteiger partial charge in [-0.25, -0.2) is 0 Å². The highest BCUT2D eigenvalue weighted by atomic mass is 32.2. The van der Waals surface area contributed by atoms with Crippen molar-refractivity contribution in [2.45, 2.75) is 49.1 Å². The first-order valence-electron chi connectivity index (χ1n) is 12.8. The average Bonchev–Trinajstić information content (AvgIpc) is 2.96. The van der Waals surface area contributed by atoms with Gasteiger partial charge in [-0.3, -0.25) is 0 Å². The Kier molecular flexibility index (Phi) is 10.9. The summed E-state index contributed by atoms with van der Waals surface area (Å²) in [7, 11) is 0. The van der Waals surface area contributed by atoms with Gasteiger partial charge in [0.15, 0.2) is 0 Å². The monoisotopic (exact) mass is 635 g/mol. The topological polar surface area (TPSA) is 52.7 Å². The summed E-state index contributed by atoms with van der Waals surface area (Å²) in [4.78, 5) is 2.48. The van der Waals surface area contributed by atoms with Gasteiger partial charge in [-0.15, -0.1) is 11.8 Å². The van der Waals surface area contributed by atoms with Crippen LogP contribution in [0.5, 0.6) is 0 Å². The molecule has 0 unspecified atom stereocenters. The Hall–Kier alpha value is -3.62. The van der Waals surface area contributed by atoms with Crippen LogP contribution < -0.4 is 4.90 Å². The van der Waals surface area contributed by atoms with Crippen molar-refractivity contribution in [2.75, 3.05) is 23.7 Å². The Balaban J connectivity index is 1.53. The van der Waals surface area contributed by atoms with Gasteiger partial charge >= 0.3 is 23.9 Å². The van der Waals surface area contributed by atoms with Crippen LogP contribution >= 0.6 is 11.8 Å². The highest BCUT2D eigenvalue weighted by Gasteiger charge is 2.81. The molecule has 3 aromatic rings.